The molecule has 1 aromatic rings. The molecule has 1 heterocycles. The van der Waals surface area contributed by atoms with Crippen molar-refractivity contribution >= 4 is 44.3 Å². The molecule has 0 bridgehead atoms. The second kappa shape index (κ2) is 8.98. The van der Waals surface area contributed by atoms with E-state index in [1.54, 1.807) is 17.0 Å². The van der Waals surface area contributed by atoms with Crippen molar-refractivity contribution in [1.29, 1.82) is 0 Å². The summed E-state index contributed by atoms with van der Waals surface area (Å²) in [5, 5.41) is 3.22. The van der Waals surface area contributed by atoms with Crippen molar-refractivity contribution in [3.05, 3.63) is 28.7 Å². The summed E-state index contributed by atoms with van der Waals surface area (Å²) in [7, 11) is -3.59. The van der Waals surface area contributed by atoms with Crippen molar-refractivity contribution in [3.63, 3.8) is 0 Å². The van der Waals surface area contributed by atoms with E-state index in [4.69, 9.17) is 0 Å². The van der Waals surface area contributed by atoms with Crippen LogP contribution in [0.4, 0.5) is 0 Å². The highest BCUT2D eigenvalue weighted by Crippen LogP contribution is 2.15. The number of carbonyl (C=O) groups excluding carboxylic acids is 1. The fourth-order valence-electron chi connectivity index (χ4n) is 2.36. The van der Waals surface area contributed by atoms with Crippen LogP contribution in [0.3, 0.4) is 0 Å². The number of rotatable bonds is 5. The quantitative estimate of drug-likeness (QED) is 0.745. The van der Waals surface area contributed by atoms with Gasteiger partial charge in [-0.25, -0.2) is 13.1 Å². The molecule has 9 heteroatoms. The molecule has 23 heavy (non-hydrogen) atoms. The van der Waals surface area contributed by atoms with Crippen LogP contribution in [0.15, 0.2) is 33.6 Å². The van der Waals surface area contributed by atoms with Crippen LogP contribution in [-0.2, 0) is 14.8 Å². The summed E-state index contributed by atoms with van der Waals surface area (Å²) in [6.07, 6.45) is 0.164. The summed E-state index contributed by atoms with van der Waals surface area (Å²) >= 11 is 3.25. The fraction of sp³-hybridized carbons (Fsp3) is 0.500. The third kappa shape index (κ3) is 5.72. The van der Waals surface area contributed by atoms with Crippen LogP contribution in [0.5, 0.6) is 0 Å². The van der Waals surface area contributed by atoms with Crippen LogP contribution >= 0.6 is 28.3 Å². The summed E-state index contributed by atoms with van der Waals surface area (Å²) < 4.78 is 27.5. The van der Waals surface area contributed by atoms with E-state index < -0.39 is 10.0 Å². The number of hydrogen-bond donors (Lipinski definition) is 2. The number of carbonyl (C=O) groups is 1. The number of sulfonamides is 1. The van der Waals surface area contributed by atoms with Crippen molar-refractivity contribution in [2.45, 2.75) is 24.3 Å². The number of amides is 1. The van der Waals surface area contributed by atoms with Gasteiger partial charge in [0.2, 0.25) is 15.9 Å². The van der Waals surface area contributed by atoms with Gasteiger partial charge < -0.3 is 10.2 Å². The summed E-state index contributed by atoms with van der Waals surface area (Å²) in [4.78, 5) is 14.1. The number of halogens is 2. The monoisotopic (exact) mass is 425 g/mol. The lowest BCUT2D eigenvalue weighted by Gasteiger charge is -2.34. The maximum atomic E-state index is 12.1. The van der Waals surface area contributed by atoms with E-state index in [9.17, 15) is 13.2 Å². The van der Waals surface area contributed by atoms with Gasteiger partial charge in [-0.05, 0) is 25.1 Å². The first-order chi connectivity index (χ1) is 10.4. The van der Waals surface area contributed by atoms with Gasteiger partial charge in [0.1, 0.15) is 0 Å². The van der Waals surface area contributed by atoms with Gasteiger partial charge in [0.05, 0.1) is 4.90 Å². The van der Waals surface area contributed by atoms with Crippen molar-refractivity contribution < 1.29 is 13.2 Å². The van der Waals surface area contributed by atoms with Gasteiger partial charge in [-0.15, -0.1) is 12.4 Å². The van der Waals surface area contributed by atoms with Crippen LogP contribution in [0.2, 0.25) is 0 Å². The second-order valence-corrected chi connectivity index (χ2v) is 7.93. The first kappa shape index (κ1) is 20.4. The lowest BCUT2D eigenvalue weighted by Crippen LogP contribution is -2.52. The maximum Gasteiger partial charge on any atom is 0.240 e. The molecule has 2 N–H and O–H groups in total. The smallest absolute Gasteiger partial charge is 0.240 e. The Bertz CT molecular complexity index is 642. The van der Waals surface area contributed by atoms with Crippen molar-refractivity contribution in [2.75, 3.05) is 26.2 Å². The molecule has 0 radical (unpaired) electrons. The molecule has 0 unspecified atom stereocenters. The van der Waals surface area contributed by atoms with Gasteiger partial charge in [0, 0.05) is 43.1 Å². The first-order valence-corrected chi connectivity index (χ1v) is 9.43. The van der Waals surface area contributed by atoms with E-state index in [0.29, 0.717) is 11.0 Å². The number of nitrogens with zero attached hydrogens (tertiary/aromatic N) is 1. The molecule has 1 aromatic carbocycles. The van der Waals surface area contributed by atoms with Crippen LogP contribution < -0.4 is 10.0 Å². The van der Waals surface area contributed by atoms with Gasteiger partial charge in [0.15, 0.2) is 0 Å². The Morgan fingerprint density at radius 2 is 2.22 bits per heavy atom. The Morgan fingerprint density at radius 3 is 2.87 bits per heavy atom. The van der Waals surface area contributed by atoms with E-state index >= 15 is 0 Å². The topological polar surface area (TPSA) is 78.5 Å². The van der Waals surface area contributed by atoms with E-state index in [-0.39, 0.29) is 42.2 Å². The number of piperazine rings is 1. The van der Waals surface area contributed by atoms with Gasteiger partial charge in [-0.3, -0.25) is 4.79 Å². The van der Waals surface area contributed by atoms with Crippen LogP contribution in [0, 0.1) is 0 Å². The van der Waals surface area contributed by atoms with Crippen molar-refractivity contribution in [2.24, 2.45) is 0 Å². The molecule has 1 aliphatic heterocycles. The molecular weight excluding hydrogens is 406 g/mol. The highest BCUT2D eigenvalue weighted by Gasteiger charge is 2.23. The van der Waals surface area contributed by atoms with Gasteiger partial charge >= 0.3 is 0 Å². The average molecular weight is 427 g/mol. The first-order valence-electron chi connectivity index (χ1n) is 7.15. The Hall–Kier alpha value is -0.670. The van der Waals surface area contributed by atoms with E-state index in [1.807, 2.05) is 6.92 Å². The van der Waals surface area contributed by atoms with Crippen LogP contribution in [0.25, 0.3) is 0 Å². The molecule has 0 spiro atoms. The molecule has 130 valence electrons. The molecule has 1 aliphatic rings. The highest BCUT2D eigenvalue weighted by atomic mass is 79.9. The van der Waals surface area contributed by atoms with E-state index in [0.717, 1.165) is 13.1 Å². The molecule has 0 saturated carbocycles. The van der Waals surface area contributed by atoms with E-state index in [2.05, 4.69) is 26.0 Å². The molecule has 1 fully saturated rings. The zero-order valence-corrected chi connectivity index (χ0v) is 16.0. The minimum atomic E-state index is -3.59. The van der Waals surface area contributed by atoms with Gasteiger partial charge in [-0.2, -0.15) is 0 Å². The minimum absolute atomic E-state index is 0. The third-order valence-electron chi connectivity index (χ3n) is 3.56. The molecule has 1 saturated heterocycles. The molecule has 1 amide bonds. The molecule has 0 aromatic heterocycles. The SMILES string of the molecule is C[C@@H]1CNCCN1C(=O)CCNS(=O)(=O)c1cccc(Br)c1.Cl. The molecule has 0 aliphatic carbocycles. The molecule has 2 rings (SSSR count). The summed E-state index contributed by atoms with van der Waals surface area (Å²) in [6.45, 7) is 4.30. The van der Waals surface area contributed by atoms with Crippen LogP contribution in [-0.4, -0.2) is 51.4 Å². The summed E-state index contributed by atoms with van der Waals surface area (Å²) in [5.41, 5.74) is 0. The Balaban J connectivity index is 0.00000264. The normalized spacial score (nSPS) is 18.3. The highest BCUT2D eigenvalue weighted by molar-refractivity contribution is 9.10. The summed E-state index contributed by atoms with van der Waals surface area (Å²) in [6, 6.07) is 6.61. The standard InChI is InChI=1S/C14H20BrN3O3S.ClH/c1-11-10-16-7-8-18(11)14(19)5-6-17-22(20,21)13-4-2-3-12(15)9-13;/h2-4,9,11,16-17H,5-8,10H2,1H3;1H/t11-;/m1./s1. The predicted octanol–water partition coefficient (Wildman–Crippen LogP) is 1.36. The lowest BCUT2D eigenvalue weighted by atomic mass is 10.2. The third-order valence-corrected chi connectivity index (χ3v) is 5.51. The minimum Gasteiger partial charge on any atom is -0.337 e. The zero-order valence-electron chi connectivity index (χ0n) is 12.8. The average Bonchev–Trinajstić information content (AvgIpc) is 2.47. The molecule has 6 nitrogen and oxygen atoms in total. The number of hydrogen-bond acceptors (Lipinski definition) is 4. The number of nitrogens with one attached hydrogen (secondary N) is 2. The maximum absolute atomic E-state index is 12.1. The fourth-order valence-corrected chi connectivity index (χ4v) is 3.99. The Kier molecular flexibility index (Phi) is 7.96. The second-order valence-electron chi connectivity index (χ2n) is 5.25. The van der Waals surface area contributed by atoms with E-state index in [1.165, 1.54) is 12.1 Å². The molecular formula is C14H21BrClN3O3S. The Labute approximate surface area is 151 Å². The van der Waals surface area contributed by atoms with Crippen molar-refractivity contribution in [1.82, 2.24) is 14.9 Å². The molecule has 1 atom stereocenters. The largest absolute Gasteiger partial charge is 0.337 e. The van der Waals surface area contributed by atoms with Crippen molar-refractivity contribution in [3.8, 4) is 0 Å². The summed E-state index contributed by atoms with van der Waals surface area (Å²) in [5.74, 6) is -0.0223. The van der Waals surface area contributed by atoms with Gasteiger partial charge in [0.25, 0.3) is 0 Å². The predicted molar refractivity (Wildman–Crippen MR) is 95.2 cm³/mol. The Morgan fingerprint density at radius 1 is 1.48 bits per heavy atom. The van der Waals surface area contributed by atoms with Gasteiger partial charge in [-0.1, -0.05) is 22.0 Å². The van der Waals surface area contributed by atoms with Crippen LogP contribution in [0.1, 0.15) is 13.3 Å². The zero-order chi connectivity index (χ0) is 16.2. The number of benzene rings is 1. The lowest BCUT2D eigenvalue weighted by molar-refractivity contribution is -0.133.